The number of H-pyrrole nitrogens is 1. The summed E-state index contributed by atoms with van der Waals surface area (Å²) in [6, 6.07) is 9.74. The lowest BCUT2D eigenvalue weighted by atomic mass is 9.99. The number of hydrogen-bond donors (Lipinski definition) is 1. The molecule has 26 heavy (non-hydrogen) atoms. The van der Waals surface area contributed by atoms with Crippen molar-refractivity contribution in [2.75, 3.05) is 20.2 Å². The first-order chi connectivity index (χ1) is 12.6. The van der Waals surface area contributed by atoms with Crippen molar-refractivity contribution in [3.8, 4) is 6.07 Å². The smallest absolute Gasteiger partial charge is 0.226 e. The molecule has 1 aliphatic rings. The van der Waals surface area contributed by atoms with Gasteiger partial charge >= 0.3 is 0 Å². The Labute approximate surface area is 153 Å². The molecule has 0 bridgehead atoms. The monoisotopic (exact) mass is 353 g/mol. The largest absolute Gasteiger partial charge is 0.376 e. The van der Waals surface area contributed by atoms with Gasteiger partial charge in [0.1, 0.15) is 5.82 Å². The third-order valence-electron chi connectivity index (χ3n) is 4.76. The van der Waals surface area contributed by atoms with Gasteiger partial charge in [-0.1, -0.05) is 24.3 Å². The van der Waals surface area contributed by atoms with E-state index in [0.717, 1.165) is 29.2 Å². The van der Waals surface area contributed by atoms with Gasteiger partial charge in [-0.2, -0.15) is 10.4 Å². The molecule has 0 radical (unpaired) electrons. The predicted octanol–water partition coefficient (Wildman–Crippen LogP) is 1.75. The molecule has 2 atom stereocenters. The lowest BCUT2D eigenvalue weighted by Crippen LogP contribution is -2.37. The second-order valence-corrected chi connectivity index (χ2v) is 6.64. The van der Waals surface area contributed by atoms with Crippen LogP contribution in [-0.2, 0) is 22.4 Å². The standard InChI is InChI=1S/C19H23N5O2/c1-13-21-19(23-22-13)16-8-10-26-17(16)12-24(2)18(25)11-15-6-4-3-5-14(15)7-9-20/h3-6,16-17H,7-8,10-12H2,1-2H3,(H,21,22,23)/t16-,17-/m1/s1. The molecule has 3 rings (SSSR count). The Kier molecular flexibility index (Phi) is 5.64. The van der Waals surface area contributed by atoms with Crippen molar-refractivity contribution in [3.05, 3.63) is 47.0 Å². The van der Waals surface area contributed by atoms with Crippen molar-refractivity contribution in [2.45, 2.75) is 38.2 Å². The molecule has 1 saturated heterocycles. The number of benzene rings is 1. The zero-order valence-electron chi connectivity index (χ0n) is 15.1. The Morgan fingerprint density at radius 1 is 1.42 bits per heavy atom. The second kappa shape index (κ2) is 8.11. The van der Waals surface area contributed by atoms with Crippen molar-refractivity contribution >= 4 is 5.91 Å². The zero-order valence-corrected chi connectivity index (χ0v) is 15.1. The summed E-state index contributed by atoms with van der Waals surface area (Å²) in [5, 5.41) is 16.1. The van der Waals surface area contributed by atoms with Gasteiger partial charge in [0.05, 0.1) is 30.9 Å². The van der Waals surface area contributed by atoms with Crippen molar-refractivity contribution in [1.29, 1.82) is 5.26 Å². The van der Waals surface area contributed by atoms with Gasteiger partial charge in [0.25, 0.3) is 0 Å². The normalized spacial score (nSPS) is 19.3. The second-order valence-electron chi connectivity index (χ2n) is 6.64. The van der Waals surface area contributed by atoms with Crippen LogP contribution in [0.15, 0.2) is 24.3 Å². The van der Waals surface area contributed by atoms with Crippen LogP contribution in [0.2, 0.25) is 0 Å². The minimum atomic E-state index is -0.103. The number of carbonyl (C=O) groups is 1. The van der Waals surface area contributed by atoms with Gasteiger partial charge in [-0.25, -0.2) is 4.98 Å². The van der Waals surface area contributed by atoms with Gasteiger partial charge in [0.15, 0.2) is 5.82 Å². The molecule has 1 aromatic heterocycles. The molecule has 2 aromatic rings. The van der Waals surface area contributed by atoms with Crippen LogP contribution >= 0.6 is 0 Å². The van der Waals surface area contributed by atoms with E-state index in [1.54, 1.807) is 11.9 Å². The number of aryl methyl sites for hydroxylation is 1. The molecule has 7 nitrogen and oxygen atoms in total. The third kappa shape index (κ3) is 4.09. The summed E-state index contributed by atoms with van der Waals surface area (Å²) in [7, 11) is 1.79. The van der Waals surface area contributed by atoms with E-state index in [0.29, 0.717) is 19.6 Å². The Bertz CT molecular complexity index is 810. The molecule has 0 saturated carbocycles. The fraction of sp³-hybridized carbons (Fsp3) is 0.474. The van der Waals surface area contributed by atoms with E-state index in [2.05, 4.69) is 21.3 Å². The molecule has 1 amide bonds. The van der Waals surface area contributed by atoms with Gasteiger partial charge in [-0.3, -0.25) is 9.89 Å². The highest BCUT2D eigenvalue weighted by Crippen LogP contribution is 2.29. The molecule has 1 fully saturated rings. The summed E-state index contributed by atoms with van der Waals surface area (Å²) in [6.45, 7) is 3.02. The number of aromatic nitrogens is 3. The average Bonchev–Trinajstić information content (AvgIpc) is 3.25. The van der Waals surface area contributed by atoms with E-state index in [4.69, 9.17) is 10.00 Å². The first-order valence-corrected chi connectivity index (χ1v) is 8.76. The van der Waals surface area contributed by atoms with Crippen LogP contribution in [-0.4, -0.2) is 52.3 Å². The predicted molar refractivity (Wildman–Crippen MR) is 95.3 cm³/mol. The van der Waals surface area contributed by atoms with Crippen molar-refractivity contribution in [3.63, 3.8) is 0 Å². The third-order valence-corrected chi connectivity index (χ3v) is 4.76. The minimum absolute atomic E-state index is 0.0100. The number of carbonyl (C=O) groups excluding carboxylic acids is 1. The summed E-state index contributed by atoms with van der Waals surface area (Å²) in [5.74, 6) is 1.64. The van der Waals surface area contributed by atoms with Gasteiger partial charge in [-0.15, -0.1) is 0 Å². The van der Waals surface area contributed by atoms with Gasteiger partial charge in [0, 0.05) is 20.2 Å². The van der Waals surface area contributed by atoms with Crippen LogP contribution in [0.5, 0.6) is 0 Å². The molecule has 1 N–H and O–H groups in total. The fourth-order valence-corrected chi connectivity index (χ4v) is 3.31. The fourth-order valence-electron chi connectivity index (χ4n) is 3.31. The van der Waals surface area contributed by atoms with E-state index in [1.165, 1.54) is 0 Å². The number of nitrogens with zero attached hydrogens (tertiary/aromatic N) is 4. The van der Waals surface area contributed by atoms with E-state index >= 15 is 0 Å². The first kappa shape index (κ1) is 18.1. The zero-order chi connectivity index (χ0) is 18.5. The molecule has 1 aromatic carbocycles. The van der Waals surface area contributed by atoms with Crippen LogP contribution in [0.4, 0.5) is 0 Å². The molecular formula is C19H23N5O2. The number of aromatic amines is 1. The SMILES string of the molecule is Cc1nc([C@@H]2CCO[C@@H]2CN(C)C(=O)Cc2ccccc2CC#N)n[nH]1. The number of likely N-dealkylation sites (N-methyl/N-ethyl adjacent to an activating group) is 1. The highest BCUT2D eigenvalue weighted by molar-refractivity contribution is 5.79. The summed E-state index contributed by atoms with van der Waals surface area (Å²) in [6.07, 6.45) is 1.35. The number of nitrogens with one attached hydrogen (secondary N) is 1. The minimum Gasteiger partial charge on any atom is -0.376 e. The van der Waals surface area contributed by atoms with Crippen LogP contribution in [0.1, 0.15) is 35.1 Å². The average molecular weight is 353 g/mol. The highest BCUT2D eigenvalue weighted by Gasteiger charge is 2.34. The Balaban J connectivity index is 1.63. The van der Waals surface area contributed by atoms with Crippen molar-refractivity contribution in [2.24, 2.45) is 0 Å². The summed E-state index contributed by atoms with van der Waals surface area (Å²) in [5.41, 5.74) is 1.81. The van der Waals surface area contributed by atoms with Crippen LogP contribution in [0.3, 0.4) is 0 Å². The van der Waals surface area contributed by atoms with E-state index < -0.39 is 0 Å². The topological polar surface area (TPSA) is 94.9 Å². The molecule has 0 spiro atoms. The summed E-state index contributed by atoms with van der Waals surface area (Å²) in [4.78, 5) is 18.8. The molecule has 2 heterocycles. The first-order valence-electron chi connectivity index (χ1n) is 8.76. The van der Waals surface area contributed by atoms with Gasteiger partial charge in [-0.05, 0) is 24.5 Å². The molecule has 1 aliphatic heterocycles. The number of hydrogen-bond acceptors (Lipinski definition) is 5. The maximum atomic E-state index is 12.7. The maximum absolute atomic E-state index is 12.7. The number of nitriles is 1. The Morgan fingerprint density at radius 2 is 2.19 bits per heavy atom. The molecule has 136 valence electrons. The molecule has 0 aliphatic carbocycles. The Morgan fingerprint density at radius 3 is 2.88 bits per heavy atom. The quantitative estimate of drug-likeness (QED) is 0.854. The van der Waals surface area contributed by atoms with Crippen molar-refractivity contribution < 1.29 is 9.53 Å². The van der Waals surface area contributed by atoms with Gasteiger partial charge < -0.3 is 9.64 Å². The van der Waals surface area contributed by atoms with E-state index in [9.17, 15) is 4.79 Å². The summed E-state index contributed by atoms with van der Waals surface area (Å²) >= 11 is 0. The van der Waals surface area contributed by atoms with E-state index in [-0.39, 0.29) is 24.3 Å². The van der Waals surface area contributed by atoms with Crippen LogP contribution < -0.4 is 0 Å². The van der Waals surface area contributed by atoms with E-state index in [1.807, 2.05) is 31.2 Å². The van der Waals surface area contributed by atoms with Crippen molar-refractivity contribution in [1.82, 2.24) is 20.1 Å². The van der Waals surface area contributed by atoms with Gasteiger partial charge in [0.2, 0.25) is 5.91 Å². The number of ether oxygens (including phenoxy) is 1. The lowest BCUT2D eigenvalue weighted by Gasteiger charge is -2.24. The van der Waals surface area contributed by atoms with Crippen LogP contribution in [0.25, 0.3) is 0 Å². The maximum Gasteiger partial charge on any atom is 0.226 e. The number of rotatable bonds is 6. The molecule has 0 unspecified atom stereocenters. The summed E-state index contributed by atoms with van der Waals surface area (Å²) < 4.78 is 5.83. The molecule has 7 heteroatoms. The highest BCUT2D eigenvalue weighted by atomic mass is 16.5. The lowest BCUT2D eigenvalue weighted by molar-refractivity contribution is -0.130. The Hall–Kier alpha value is -2.72. The van der Waals surface area contributed by atoms with Crippen LogP contribution in [0, 0.1) is 18.3 Å². The number of amides is 1. The molecular weight excluding hydrogens is 330 g/mol.